The van der Waals surface area contributed by atoms with Crippen LogP contribution in [0.25, 0.3) is 0 Å². The SMILES string of the molecule is CC(C)(c1ccccc1)c1noc(C2(C)CCCC2N)n1. The molecule has 2 atom stereocenters. The Hall–Kier alpha value is -1.68. The zero-order valence-electron chi connectivity index (χ0n) is 13.0. The van der Waals surface area contributed by atoms with Gasteiger partial charge in [0.15, 0.2) is 5.82 Å². The second kappa shape index (κ2) is 4.95. The van der Waals surface area contributed by atoms with Crippen molar-refractivity contribution in [2.45, 2.75) is 56.9 Å². The first-order chi connectivity index (χ1) is 9.94. The number of hydrogen-bond acceptors (Lipinski definition) is 4. The second-order valence-corrected chi connectivity index (χ2v) is 6.83. The highest BCUT2D eigenvalue weighted by molar-refractivity contribution is 5.30. The van der Waals surface area contributed by atoms with Gasteiger partial charge in [-0.3, -0.25) is 0 Å². The van der Waals surface area contributed by atoms with E-state index in [1.54, 1.807) is 0 Å². The zero-order valence-corrected chi connectivity index (χ0v) is 13.0. The molecular formula is C17H23N3O. The Morgan fingerprint density at radius 3 is 2.62 bits per heavy atom. The molecule has 2 aromatic rings. The van der Waals surface area contributed by atoms with E-state index in [1.165, 1.54) is 5.56 Å². The monoisotopic (exact) mass is 285 g/mol. The van der Waals surface area contributed by atoms with Gasteiger partial charge in [-0.05, 0) is 39.2 Å². The standard InChI is InChI=1S/C17H23N3O/c1-16(2,12-8-5-4-6-9-12)14-19-15(21-20-14)17(3)11-7-10-13(17)18/h4-6,8-9,13H,7,10-11,18H2,1-3H3. The van der Waals surface area contributed by atoms with E-state index in [0.717, 1.165) is 25.1 Å². The molecule has 1 aromatic carbocycles. The molecule has 3 rings (SSSR count). The van der Waals surface area contributed by atoms with Crippen LogP contribution in [-0.4, -0.2) is 16.2 Å². The Morgan fingerprint density at radius 2 is 2.00 bits per heavy atom. The molecule has 2 unspecified atom stereocenters. The van der Waals surface area contributed by atoms with E-state index in [9.17, 15) is 0 Å². The molecule has 0 radical (unpaired) electrons. The van der Waals surface area contributed by atoms with Crippen LogP contribution in [-0.2, 0) is 10.8 Å². The number of nitrogens with zero attached hydrogens (tertiary/aromatic N) is 2. The molecule has 112 valence electrons. The molecule has 0 amide bonds. The van der Waals surface area contributed by atoms with Gasteiger partial charge in [-0.2, -0.15) is 4.98 Å². The minimum atomic E-state index is -0.276. The Balaban J connectivity index is 1.95. The quantitative estimate of drug-likeness (QED) is 0.940. The van der Waals surface area contributed by atoms with Crippen LogP contribution in [0, 0.1) is 0 Å². The summed E-state index contributed by atoms with van der Waals surface area (Å²) in [5.74, 6) is 1.41. The molecule has 0 bridgehead atoms. The van der Waals surface area contributed by atoms with Gasteiger partial charge in [-0.25, -0.2) is 0 Å². The van der Waals surface area contributed by atoms with Gasteiger partial charge in [0, 0.05) is 6.04 Å². The lowest BCUT2D eigenvalue weighted by atomic mass is 9.83. The van der Waals surface area contributed by atoms with E-state index in [0.29, 0.717) is 5.89 Å². The van der Waals surface area contributed by atoms with Gasteiger partial charge in [0.1, 0.15) is 0 Å². The van der Waals surface area contributed by atoms with E-state index in [4.69, 9.17) is 15.2 Å². The van der Waals surface area contributed by atoms with Crippen LogP contribution in [0.5, 0.6) is 0 Å². The maximum absolute atomic E-state index is 6.25. The normalized spacial score (nSPS) is 26.2. The van der Waals surface area contributed by atoms with Crippen LogP contribution in [0.1, 0.15) is 57.3 Å². The molecule has 1 saturated carbocycles. The summed E-state index contributed by atoms with van der Waals surface area (Å²) in [7, 11) is 0. The molecular weight excluding hydrogens is 262 g/mol. The van der Waals surface area contributed by atoms with E-state index >= 15 is 0 Å². The van der Waals surface area contributed by atoms with Gasteiger partial charge >= 0.3 is 0 Å². The smallest absolute Gasteiger partial charge is 0.234 e. The third-order valence-electron chi connectivity index (χ3n) is 5.00. The molecule has 21 heavy (non-hydrogen) atoms. The van der Waals surface area contributed by atoms with Crippen molar-refractivity contribution in [2.75, 3.05) is 0 Å². The lowest BCUT2D eigenvalue weighted by Gasteiger charge is -2.24. The van der Waals surface area contributed by atoms with Crippen molar-refractivity contribution in [1.29, 1.82) is 0 Å². The van der Waals surface area contributed by atoms with Crippen LogP contribution < -0.4 is 5.73 Å². The third-order valence-corrected chi connectivity index (χ3v) is 5.00. The summed E-state index contributed by atoms with van der Waals surface area (Å²) in [5.41, 5.74) is 6.97. The van der Waals surface area contributed by atoms with Crippen molar-refractivity contribution in [3.8, 4) is 0 Å². The van der Waals surface area contributed by atoms with Crippen LogP contribution in [0.3, 0.4) is 0 Å². The van der Waals surface area contributed by atoms with Crippen molar-refractivity contribution in [3.05, 3.63) is 47.6 Å². The molecule has 1 aliphatic rings. The Morgan fingerprint density at radius 1 is 1.29 bits per heavy atom. The van der Waals surface area contributed by atoms with E-state index < -0.39 is 0 Å². The summed E-state index contributed by atoms with van der Waals surface area (Å²) in [5, 5.41) is 4.25. The van der Waals surface area contributed by atoms with Crippen molar-refractivity contribution >= 4 is 0 Å². The van der Waals surface area contributed by atoms with Gasteiger partial charge < -0.3 is 10.3 Å². The molecule has 4 heteroatoms. The number of nitrogens with two attached hydrogens (primary N) is 1. The largest absolute Gasteiger partial charge is 0.339 e. The highest BCUT2D eigenvalue weighted by atomic mass is 16.5. The molecule has 0 spiro atoms. The third kappa shape index (κ3) is 2.27. The molecule has 1 heterocycles. The average Bonchev–Trinajstić information content (AvgIpc) is 3.09. The van der Waals surface area contributed by atoms with Gasteiger partial charge in [0.25, 0.3) is 0 Å². The number of aromatic nitrogens is 2. The fourth-order valence-electron chi connectivity index (χ4n) is 3.15. The first-order valence-electron chi connectivity index (χ1n) is 7.60. The molecule has 2 N–H and O–H groups in total. The first kappa shape index (κ1) is 14.3. The Labute approximate surface area is 125 Å². The molecule has 0 aliphatic heterocycles. The number of benzene rings is 1. The van der Waals surface area contributed by atoms with Crippen LogP contribution in [0.2, 0.25) is 0 Å². The fourth-order valence-corrected chi connectivity index (χ4v) is 3.15. The van der Waals surface area contributed by atoms with Gasteiger partial charge in [0.2, 0.25) is 5.89 Å². The summed E-state index contributed by atoms with van der Waals surface area (Å²) in [6.45, 7) is 6.37. The maximum Gasteiger partial charge on any atom is 0.234 e. The fraction of sp³-hybridized carbons (Fsp3) is 0.529. The lowest BCUT2D eigenvalue weighted by molar-refractivity contribution is 0.275. The molecule has 0 saturated heterocycles. The topological polar surface area (TPSA) is 64.9 Å². The highest BCUT2D eigenvalue weighted by Gasteiger charge is 2.43. The molecule has 1 aromatic heterocycles. The zero-order chi connectivity index (χ0) is 15.1. The second-order valence-electron chi connectivity index (χ2n) is 6.83. The summed E-state index contributed by atoms with van der Waals surface area (Å²) >= 11 is 0. The minimum Gasteiger partial charge on any atom is -0.339 e. The first-order valence-corrected chi connectivity index (χ1v) is 7.60. The van der Waals surface area contributed by atoms with Gasteiger partial charge in [-0.1, -0.05) is 41.9 Å². The van der Waals surface area contributed by atoms with E-state index in [1.807, 2.05) is 18.2 Å². The lowest BCUT2D eigenvalue weighted by Crippen LogP contribution is -2.38. The number of rotatable bonds is 3. The molecule has 1 fully saturated rings. The van der Waals surface area contributed by atoms with E-state index in [2.05, 4.69) is 38.1 Å². The van der Waals surface area contributed by atoms with Crippen molar-refractivity contribution in [3.63, 3.8) is 0 Å². The van der Waals surface area contributed by atoms with Crippen LogP contribution in [0.4, 0.5) is 0 Å². The summed E-state index contributed by atoms with van der Waals surface area (Å²) in [6.07, 6.45) is 3.16. The van der Waals surface area contributed by atoms with Crippen molar-refractivity contribution in [2.24, 2.45) is 5.73 Å². The van der Waals surface area contributed by atoms with E-state index in [-0.39, 0.29) is 16.9 Å². The van der Waals surface area contributed by atoms with Crippen LogP contribution in [0.15, 0.2) is 34.9 Å². The van der Waals surface area contributed by atoms with Gasteiger partial charge in [0.05, 0.1) is 10.8 Å². The molecule has 4 nitrogen and oxygen atoms in total. The summed E-state index contributed by atoms with van der Waals surface area (Å²) < 4.78 is 5.59. The summed E-state index contributed by atoms with van der Waals surface area (Å²) in [4.78, 5) is 4.70. The highest BCUT2D eigenvalue weighted by Crippen LogP contribution is 2.40. The predicted octanol–water partition coefficient (Wildman–Crippen LogP) is 3.16. The van der Waals surface area contributed by atoms with Gasteiger partial charge in [-0.15, -0.1) is 0 Å². The van der Waals surface area contributed by atoms with Crippen molar-refractivity contribution in [1.82, 2.24) is 10.1 Å². The molecule has 1 aliphatic carbocycles. The Bertz CT molecular complexity index is 620. The number of hydrogen-bond donors (Lipinski definition) is 1. The Kier molecular flexibility index (Phi) is 3.36. The average molecular weight is 285 g/mol. The maximum atomic E-state index is 6.25. The summed E-state index contributed by atoms with van der Waals surface area (Å²) in [6, 6.07) is 10.4. The minimum absolute atomic E-state index is 0.102. The van der Waals surface area contributed by atoms with Crippen molar-refractivity contribution < 1.29 is 4.52 Å². The van der Waals surface area contributed by atoms with Crippen LogP contribution >= 0.6 is 0 Å². The predicted molar refractivity (Wildman–Crippen MR) is 82.0 cm³/mol.